The fourth-order valence-electron chi connectivity index (χ4n) is 2.09. The van der Waals surface area contributed by atoms with Crippen LogP contribution < -0.4 is 0 Å². The molecule has 0 aromatic heterocycles. The average Bonchev–Trinajstić information content (AvgIpc) is 2.28. The molecule has 1 heterocycles. The Bertz CT molecular complexity index is 344. The SMILES string of the molecule is C=CC1SC(=C)C(CC)=C(C)/C1=C/CCC. The van der Waals surface area contributed by atoms with Gasteiger partial charge >= 0.3 is 0 Å². The Morgan fingerprint density at radius 2 is 2.06 bits per heavy atom. The first-order valence-corrected chi connectivity index (χ1v) is 6.92. The van der Waals surface area contributed by atoms with Crippen LogP contribution in [-0.2, 0) is 0 Å². The van der Waals surface area contributed by atoms with Crippen molar-refractivity contribution in [3.63, 3.8) is 0 Å². The van der Waals surface area contributed by atoms with E-state index >= 15 is 0 Å². The van der Waals surface area contributed by atoms with Crippen molar-refractivity contribution in [2.75, 3.05) is 0 Å². The monoisotopic (exact) mass is 234 g/mol. The second kappa shape index (κ2) is 6.15. The van der Waals surface area contributed by atoms with Crippen molar-refractivity contribution >= 4 is 11.8 Å². The van der Waals surface area contributed by atoms with Crippen LogP contribution in [0.5, 0.6) is 0 Å². The van der Waals surface area contributed by atoms with Gasteiger partial charge in [-0.05, 0) is 36.5 Å². The average molecular weight is 234 g/mol. The van der Waals surface area contributed by atoms with Crippen LogP contribution >= 0.6 is 11.8 Å². The molecule has 0 saturated heterocycles. The first-order chi connectivity index (χ1) is 7.65. The maximum Gasteiger partial charge on any atom is 0.0521 e. The molecule has 1 heteroatoms. The number of hydrogen-bond acceptors (Lipinski definition) is 1. The van der Waals surface area contributed by atoms with E-state index in [1.165, 1.54) is 28.0 Å². The largest absolute Gasteiger partial charge is 0.114 e. The fraction of sp³-hybridized carbons (Fsp3) is 0.467. The zero-order valence-corrected chi connectivity index (χ0v) is 11.5. The normalized spacial score (nSPS) is 24.1. The van der Waals surface area contributed by atoms with E-state index in [2.05, 4.69) is 40.0 Å². The Kier molecular flexibility index (Phi) is 5.14. The van der Waals surface area contributed by atoms with Crippen molar-refractivity contribution in [1.29, 1.82) is 0 Å². The van der Waals surface area contributed by atoms with Gasteiger partial charge in [0.2, 0.25) is 0 Å². The molecule has 1 aliphatic rings. The molecule has 88 valence electrons. The van der Waals surface area contributed by atoms with Gasteiger partial charge in [0, 0.05) is 4.91 Å². The number of hydrogen-bond donors (Lipinski definition) is 0. The molecule has 0 nitrogen and oxygen atoms in total. The molecule has 0 saturated carbocycles. The van der Waals surface area contributed by atoms with Crippen molar-refractivity contribution in [3.8, 4) is 0 Å². The lowest BCUT2D eigenvalue weighted by Crippen LogP contribution is -2.12. The third kappa shape index (κ3) is 2.70. The standard InChI is InChI=1S/C15H22S/c1-6-9-10-14-11(4)13(7-2)12(5)16-15(14)8-3/h8,10,15H,3,5-7,9H2,1-2,4H3/b14-10-. The molecule has 0 radical (unpaired) electrons. The highest BCUT2D eigenvalue weighted by atomic mass is 32.2. The lowest BCUT2D eigenvalue weighted by Gasteiger charge is -2.28. The van der Waals surface area contributed by atoms with Gasteiger partial charge < -0.3 is 0 Å². The van der Waals surface area contributed by atoms with Crippen molar-refractivity contribution in [2.45, 2.75) is 45.3 Å². The fourth-order valence-corrected chi connectivity index (χ4v) is 3.33. The van der Waals surface area contributed by atoms with E-state index in [9.17, 15) is 0 Å². The predicted octanol–water partition coefficient (Wildman–Crippen LogP) is 5.25. The number of rotatable bonds is 4. The van der Waals surface area contributed by atoms with E-state index in [1.807, 2.05) is 17.8 Å². The van der Waals surface area contributed by atoms with Crippen LogP contribution in [0, 0.1) is 0 Å². The zero-order valence-electron chi connectivity index (χ0n) is 10.7. The van der Waals surface area contributed by atoms with Gasteiger partial charge in [-0.2, -0.15) is 0 Å². The first kappa shape index (κ1) is 13.4. The molecule has 0 fully saturated rings. The molecule has 0 aromatic carbocycles. The second-order valence-electron chi connectivity index (χ2n) is 4.10. The Morgan fingerprint density at radius 3 is 2.56 bits per heavy atom. The molecule has 0 spiro atoms. The summed E-state index contributed by atoms with van der Waals surface area (Å²) in [4.78, 5) is 1.22. The maximum absolute atomic E-state index is 4.16. The summed E-state index contributed by atoms with van der Waals surface area (Å²) in [6.07, 6.45) is 7.84. The number of unbranched alkanes of at least 4 members (excludes halogenated alkanes) is 1. The highest BCUT2D eigenvalue weighted by molar-refractivity contribution is 8.04. The van der Waals surface area contributed by atoms with Crippen molar-refractivity contribution < 1.29 is 0 Å². The minimum atomic E-state index is 0.398. The highest BCUT2D eigenvalue weighted by Gasteiger charge is 2.23. The Labute approximate surface area is 104 Å². The van der Waals surface area contributed by atoms with Gasteiger partial charge in [0.25, 0.3) is 0 Å². The van der Waals surface area contributed by atoms with Gasteiger partial charge in [-0.15, -0.1) is 18.3 Å². The number of thioether (sulfide) groups is 1. The predicted molar refractivity (Wildman–Crippen MR) is 76.7 cm³/mol. The third-order valence-corrected chi connectivity index (χ3v) is 4.25. The molecule has 1 unspecified atom stereocenters. The third-order valence-electron chi connectivity index (χ3n) is 3.02. The van der Waals surface area contributed by atoms with Crippen LogP contribution in [0.4, 0.5) is 0 Å². The van der Waals surface area contributed by atoms with Crippen LogP contribution in [0.1, 0.15) is 40.0 Å². The summed E-state index contributed by atoms with van der Waals surface area (Å²) >= 11 is 1.84. The lowest BCUT2D eigenvalue weighted by molar-refractivity contribution is 0.940. The Balaban J connectivity index is 3.13. The van der Waals surface area contributed by atoms with E-state index in [0.717, 1.165) is 12.8 Å². The van der Waals surface area contributed by atoms with Gasteiger partial charge in [0.1, 0.15) is 0 Å². The highest BCUT2D eigenvalue weighted by Crippen LogP contribution is 2.43. The summed E-state index contributed by atoms with van der Waals surface area (Å²) in [5, 5.41) is 0.398. The zero-order chi connectivity index (χ0) is 12.1. The molecule has 0 bridgehead atoms. The van der Waals surface area contributed by atoms with E-state index < -0.39 is 0 Å². The molecular weight excluding hydrogens is 212 g/mol. The van der Waals surface area contributed by atoms with Gasteiger partial charge in [-0.25, -0.2) is 0 Å². The summed E-state index contributed by atoms with van der Waals surface area (Å²) in [5.74, 6) is 0. The van der Waals surface area contributed by atoms with Crippen LogP contribution in [0.3, 0.4) is 0 Å². The molecular formula is C15H22S. The van der Waals surface area contributed by atoms with Gasteiger partial charge in [0.15, 0.2) is 0 Å². The molecule has 0 aliphatic carbocycles. The molecule has 1 rings (SSSR count). The van der Waals surface area contributed by atoms with Crippen molar-refractivity contribution in [3.05, 3.63) is 46.9 Å². The van der Waals surface area contributed by atoms with E-state index in [0.29, 0.717) is 5.25 Å². The molecule has 0 aromatic rings. The summed E-state index contributed by atoms with van der Waals surface area (Å²) in [6.45, 7) is 14.7. The van der Waals surface area contributed by atoms with Crippen molar-refractivity contribution in [1.82, 2.24) is 0 Å². The minimum Gasteiger partial charge on any atom is -0.114 e. The quantitative estimate of drug-likeness (QED) is 0.598. The summed E-state index contributed by atoms with van der Waals surface area (Å²) in [6, 6.07) is 0. The molecule has 0 N–H and O–H groups in total. The summed E-state index contributed by atoms with van der Waals surface area (Å²) in [5.41, 5.74) is 4.29. The van der Waals surface area contributed by atoms with Crippen LogP contribution in [0.2, 0.25) is 0 Å². The van der Waals surface area contributed by atoms with Gasteiger partial charge in [-0.1, -0.05) is 39.0 Å². The second-order valence-corrected chi connectivity index (χ2v) is 5.34. The lowest BCUT2D eigenvalue weighted by atomic mass is 9.95. The minimum absolute atomic E-state index is 0.398. The van der Waals surface area contributed by atoms with E-state index in [-0.39, 0.29) is 0 Å². The van der Waals surface area contributed by atoms with E-state index in [1.54, 1.807) is 0 Å². The smallest absolute Gasteiger partial charge is 0.0521 e. The van der Waals surface area contributed by atoms with Crippen molar-refractivity contribution in [2.24, 2.45) is 0 Å². The topological polar surface area (TPSA) is 0 Å². The molecule has 16 heavy (non-hydrogen) atoms. The Hall–Kier alpha value is -0.690. The van der Waals surface area contributed by atoms with Gasteiger partial charge in [0.05, 0.1) is 5.25 Å². The first-order valence-electron chi connectivity index (χ1n) is 6.04. The number of allylic oxidation sites excluding steroid dienone is 3. The van der Waals surface area contributed by atoms with Gasteiger partial charge in [-0.3, -0.25) is 0 Å². The summed E-state index contributed by atoms with van der Waals surface area (Å²) < 4.78 is 0. The van der Waals surface area contributed by atoms with Crippen LogP contribution in [0.15, 0.2) is 46.9 Å². The molecule has 1 aliphatic heterocycles. The van der Waals surface area contributed by atoms with Crippen LogP contribution in [0.25, 0.3) is 0 Å². The van der Waals surface area contributed by atoms with E-state index in [4.69, 9.17) is 0 Å². The Morgan fingerprint density at radius 1 is 1.38 bits per heavy atom. The maximum atomic E-state index is 4.16. The summed E-state index contributed by atoms with van der Waals surface area (Å²) in [7, 11) is 0. The molecule has 0 amide bonds. The van der Waals surface area contributed by atoms with Crippen LogP contribution in [-0.4, -0.2) is 5.25 Å². The molecule has 1 atom stereocenters.